The van der Waals surface area contributed by atoms with Gasteiger partial charge in [-0.15, -0.1) is 0 Å². The van der Waals surface area contributed by atoms with Crippen LogP contribution in [0.25, 0.3) is 0 Å². The Labute approximate surface area is 285 Å². The van der Waals surface area contributed by atoms with Crippen LogP contribution in [0.3, 0.4) is 0 Å². The second-order valence-corrected chi connectivity index (χ2v) is 12.9. The number of aliphatic hydroxyl groups excluding tert-OH is 7. The van der Waals surface area contributed by atoms with Crippen molar-refractivity contribution in [1.82, 2.24) is 5.32 Å². The highest BCUT2D eigenvalue weighted by atomic mass is 16.6. The van der Waals surface area contributed by atoms with Crippen LogP contribution in [-0.2, 0) is 38.8 Å². The fraction of sp³-hybridized carbons (Fsp3) is 0.600. The predicted molar refractivity (Wildman–Crippen MR) is 177 cm³/mol. The molecule has 14 heteroatoms. The fourth-order valence-corrected chi connectivity index (χ4v) is 6.69. The molecule has 14 nitrogen and oxygen atoms in total. The average Bonchev–Trinajstić information content (AvgIpc) is 3.33. The van der Waals surface area contributed by atoms with E-state index in [1.54, 1.807) is 48.5 Å². The molecule has 0 bridgehead atoms. The Morgan fingerprint density at radius 2 is 1.37 bits per heavy atom. The van der Waals surface area contributed by atoms with Crippen LogP contribution in [0, 0.1) is 23.7 Å². The van der Waals surface area contributed by atoms with Gasteiger partial charge in [0.05, 0.1) is 68.1 Å². The van der Waals surface area contributed by atoms with Gasteiger partial charge < -0.3 is 61.6 Å². The number of aliphatic hydroxyl groups is 7. The van der Waals surface area contributed by atoms with Crippen molar-refractivity contribution in [1.29, 1.82) is 0 Å². The van der Waals surface area contributed by atoms with Crippen LogP contribution in [0.15, 0.2) is 48.5 Å². The summed E-state index contributed by atoms with van der Waals surface area (Å²) in [6.45, 7) is 0.0651. The molecule has 0 aromatic heterocycles. The van der Waals surface area contributed by atoms with Gasteiger partial charge in [0.2, 0.25) is 11.8 Å². The summed E-state index contributed by atoms with van der Waals surface area (Å²) >= 11 is 0. The second-order valence-electron chi connectivity index (χ2n) is 12.9. The van der Waals surface area contributed by atoms with Crippen LogP contribution in [-0.4, -0.2) is 104 Å². The quantitative estimate of drug-likeness (QED) is 0.0746. The van der Waals surface area contributed by atoms with E-state index in [-0.39, 0.29) is 39.2 Å². The Kier molecular flexibility index (Phi) is 14.9. The van der Waals surface area contributed by atoms with Crippen LogP contribution in [0.1, 0.15) is 48.8 Å². The van der Waals surface area contributed by atoms with E-state index in [0.717, 1.165) is 18.4 Å². The average molecular weight is 690 g/mol. The third-order valence-electron chi connectivity index (χ3n) is 9.67. The van der Waals surface area contributed by atoms with Gasteiger partial charge in [-0.3, -0.25) is 9.59 Å². The van der Waals surface area contributed by atoms with Crippen molar-refractivity contribution in [3.05, 3.63) is 65.2 Å². The van der Waals surface area contributed by atoms with E-state index in [9.17, 15) is 45.3 Å². The number of nitrogens with two attached hydrogens (primary N) is 1. The Balaban J connectivity index is 1.58. The Bertz CT molecular complexity index is 1310. The van der Waals surface area contributed by atoms with Crippen molar-refractivity contribution in [3.63, 3.8) is 0 Å². The molecule has 0 saturated heterocycles. The predicted octanol–water partition coefficient (Wildman–Crippen LogP) is -0.509. The molecule has 2 aromatic carbocycles. The fourth-order valence-electron chi connectivity index (χ4n) is 6.69. The minimum atomic E-state index is -1.80. The first-order valence-electron chi connectivity index (χ1n) is 16.9. The normalized spacial score (nSPS) is 29.0. The molecule has 0 heterocycles. The maximum absolute atomic E-state index is 13.8. The number of anilines is 1. The van der Waals surface area contributed by atoms with Crippen LogP contribution >= 0.6 is 0 Å². The first-order valence-corrected chi connectivity index (χ1v) is 16.9. The lowest BCUT2D eigenvalue weighted by Gasteiger charge is -2.41. The molecule has 11 N–H and O–H groups in total. The van der Waals surface area contributed by atoms with Crippen molar-refractivity contribution in [2.75, 3.05) is 25.1 Å². The Morgan fingerprint density at radius 3 is 1.96 bits per heavy atom. The molecule has 2 aromatic rings. The Morgan fingerprint density at radius 1 is 0.776 bits per heavy atom. The maximum atomic E-state index is 13.8. The zero-order valence-electron chi connectivity index (χ0n) is 27.5. The third-order valence-corrected chi connectivity index (χ3v) is 9.67. The van der Waals surface area contributed by atoms with Gasteiger partial charge in [-0.2, -0.15) is 0 Å². The maximum Gasteiger partial charge on any atom is 0.228 e. The summed E-state index contributed by atoms with van der Waals surface area (Å²) < 4.78 is 12.2. The molecule has 49 heavy (non-hydrogen) atoms. The van der Waals surface area contributed by atoms with Crippen molar-refractivity contribution < 1.29 is 54.8 Å². The number of carbonyl (C=O) groups is 2. The molecule has 2 saturated carbocycles. The van der Waals surface area contributed by atoms with E-state index in [1.807, 2.05) is 0 Å². The summed E-state index contributed by atoms with van der Waals surface area (Å²) in [5.74, 6) is -5.16. The summed E-state index contributed by atoms with van der Waals surface area (Å²) in [4.78, 5) is 27.7. The molecule has 0 spiro atoms. The molecule has 7 unspecified atom stereocenters. The molecule has 4 rings (SSSR count). The van der Waals surface area contributed by atoms with E-state index in [4.69, 9.17) is 15.2 Å². The van der Waals surface area contributed by atoms with E-state index < -0.39 is 78.9 Å². The number of carbonyl (C=O) groups excluding carboxylic acids is 2. The van der Waals surface area contributed by atoms with Gasteiger partial charge >= 0.3 is 0 Å². The standard InChI is InChI=1S/C35H51N3O11/c36-12-2-1-3-13-48-27-14-25(34(46)38-23-10-8-22(18-40)9-11-23)24(33(45)37-16-20-4-6-21(17-39)7-5-20)15-28(27)49-35(47)29-30(42)26(19-41)31(43)32(29)44/h4-11,24-32,35,39-44,47H,1-3,12-19,36H2,(H,37,45)(H,38,46)/t24-,25?,26?,27-,28?,29?,30?,31?,32?,35+/m0/s1. The van der Waals surface area contributed by atoms with Gasteiger partial charge in [-0.25, -0.2) is 0 Å². The van der Waals surface area contributed by atoms with Crippen molar-refractivity contribution in [3.8, 4) is 0 Å². The molecule has 2 aliphatic carbocycles. The number of amides is 2. The Hall–Kier alpha value is -3.02. The number of hydrogen-bond acceptors (Lipinski definition) is 12. The largest absolute Gasteiger partial charge is 0.396 e. The molecular weight excluding hydrogens is 638 g/mol. The molecule has 0 radical (unpaired) electrons. The van der Waals surface area contributed by atoms with Gasteiger partial charge in [0.15, 0.2) is 6.29 Å². The highest BCUT2D eigenvalue weighted by Gasteiger charge is 2.53. The first-order chi connectivity index (χ1) is 23.6. The highest BCUT2D eigenvalue weighted by Crippen LogP contribution is 2.39. The van der Waals surface area contributed by atoms with E-state index in [2.05, 4.69) is 10.6 Å². The summed E-state index contributed by atoms with van der Waals surface area (Å²) in [6.07, 6.45) is -5.85. The number of hydrogen-bond donors (Lipinski definition) is 10. The van der Waals surface area contributed by atoms with E-state index >= 15 is 0 Å². The molecule has 272 valence electrons. The monoisotopic (exact) mass is 689 g/mol. The first kappa shape index (κ1) is 38.8. The molecule has 0 aliphatic heterocycles. The SMILES string of the molecule is NCCCCCO[C@H]1CC(C(=O)Nc2ccc(CO)cc2)[C@@H](C(=O)NCc2ccc(CO)cc2)CC1O[C@@H](O)C1C(O)C(O)C(CO)C1O. The zero-order valence-corrected chi connectivity index (χ0v) is 27.5. The van der Waals surface area contributed by atoms with Crippen LogP contribution in [0.4, 0.5) is 5.69 Å². The van der Waals surface area contributed by atoms with E-state index in [1.165, 1.54) is 0 Å². The summed E-state index contributed by atoms with van der Waals surface area (Å²) in [7, 11) is 0. The van der Waals surface area contributed by atoms with Crippen LogP contribution < -0.4 is 16.4 Å². The second kappa shape index (κ2) is 18.8. The molecule has 10 atom stereocenters. The van der Waals surface area contributed by atoms with Crippen molar-refractivity contribution in [2.24, 2.45) is 29.4 Å². The van der Waals surface area contributed by atoms with Gasteiger partial charge in [-0.05, 0) is 67.5 Å². The molecular formula is C35H51N3O11. The smallest absolute Gasteiger partial charge is 0.228 e. The summed E-state index contributed by atoms with van der Waals surface area (Å²) in [6, 6.07) is 13.7. The summed E-state index contributed by atoms with van der Waals surface area (Å²) in [5, 5.41) is 76.9. The number of rotatable bonds is 17. The van der Waals surface area contributed by atoms with E-state index in [0.29, 0.717) is 29.8 Å². The number of nitrogens with one attached hydrogen (secondary N) is 2. The number of benzene rings is 2. The molecule has 2 fully saturated rings. The van der Waals surface area contributed by atoms with Gasteiger partial charge in [0.1, 0.15) is 0 Å². The minimum absolute atomic E-state index is 0.0375. The zero-order chi connectivity index (χ0) is 35.5. The molecule has 2 amide bonds. The minimum Gasteiger partial charge on any atom is -0.396 e. The lowest BCUT2D eigenvalue weighted by Crippen LogP contribution is -2.52. The topological polar surface area (TPSA) is 244 Å². The van der Waals surface area contributed by atoms with Gasteiger partial charge in [0, 0.05) is 24.8 Å². The van der Waals surface area contributed by atoms with Crippen molar-refractivity contribution in [2.45, 2.75) is 88.7 Å². The third kappa shape index (κ3) is 10.0. The molecule has 2 aliphatic rings. The highest BCUT2D eigenvalue weighted by molar-refractivity contribution is 5.96. The summed E-state index contributed by atoms with van der Waals surface area (Å²) in [5.41, 5.74) is 8.25. The number of ether oxygens (including phenoxy) is 2. The lowest BCUT2D eigenvalue weighted by atomic mass is 9.75. The van der Waals surface area contributed by atoms with Gasteiger partial charge in [0.25, 0.3) is 0 Å². The van der Waals surface area contributed by atoms with Crippen molar-refractivity contribution >= 4 is 17.5 Å². The lowest BCUT2D eigenvalue weighted by molar-refractivity contribution is -0.233. The van der Waals surface area contributed by atoms with Crippen LogP contribution in [0.5, 0.6) is 0 Å². The number of unbranched alkanes of at least 4 members (excludes halogenated alkanes) is 2. The van der Waals surface area contributed by atoms with Crippen LogP contribution in [0.2, 0.25) is 0 Å². The van der Waals surface area contributed by atoms with Gasteiger partial charge in [-0.1, -0.05) is 36.4 Å².